The number of ether oxygens (including phenoxy) is 1. The number of carbonyl (C=O) groups is 2. The van der Waals surface area contributed by atoms with Gasteiger partial charge in [-0.3, -0.25) is 4.79 Å². The highest BCUT2D eigenvalue weighted by Crippen LogP contribution is 2.25. The standard InChI is InChI=1S/C18H22Cl2N4O3/c1-2-27-18(26)16(23-7-6-21)12-10-24(8-5-15(12)22)17(25)11-3-4-13(19)14(20)9-11/h3-4,9,22-23H,2,5-8,10,21H2,1H3/b16-12-,22-15?. The zero-order valence-electron chi connectivity index (χ0n) is 15.0. The Hall–Kier alpha value is -2.09. The molecular weight excluding hydrogens is 391 g/mol. The SMILES string of the molecule is CCOC(=O)/C(NCCN)=C1\CN(C(=O)c2ccc(Cl)c(Cl)c2)CCC1=N. The Morgan fingerprint density at radius 3 is 2.70 bits per heavy atom. The first-order valence-electron chi connectivity index (χ1n) is 8.55. The van der Waals surface area contributed by atoms with Crippen LogP contribution < -0.4 is 11.1 Å². The first-order chi connectivity index (χ1) is 12.9. The molecule has 1 aromatic carbocycles. The molecule has 4 N–H and O–H groups in total. The van der Waals surface area contributed by atoms with Crippen LogP contribution in [0.15, 0.2) is 29.5 Å². The summed E-state index contributed by atoms with van der Waals surface area (Å²) in [5.74, 6) is -0.810. The van der Waals surface area contributed by atoms with Crippen molar-refractivity contribution in [3.8, 4) is 0 Å². The summed E-state index contributed by atoms with van der Waals surface area (Å²) in [4.78, 5) is 26.7. The van der Waals surface area contributed by atoms with Crippen LogP contribution in [0.1, 0.15) is 23.7 Å². The van der Waals surface area contributed by atoms with Crippen molar-refractivity contribution in [3.63, 3.8) is 0 Å². The predicted octanol–water partition coefficient (Wildman–Crippen LogP) is 2.22. The number of nitrogens with zero attached hydrogens (tertiary/aromatic N) is 1. The molecule has 1 aliphatic heterocycles. The van der Waals surface area contributed by atoms with Crippen molar-refractivity contribution in [3.05, 3.63) is 45.1 Å². The molecule has 0 aromatic heterocycles. The van der Waals surface area contributed by atoms with Gasteiger partial charge in [0, 0.05) is 42.9 Å². The van der Waals surface area contributed by atoms with Crippen LogP contribution in [0, 0.1) is 5.41 Å². The van der Waals surface area contributed by atoms with Gasteiger partial charge in [0.2, 0.25) is 0 Å². The maximum atomic E-state index is 12.8. The molecule has 0 atom stereocenters. The molecule has 0 aliphatic carbocycles. The molecule has 1 aromatic rings. The van der Waals surface area contributed by atoms with Gasteiger partial charge in [-0.15, -0.1) is 0 Å². The fourth-order valence-corrected chi connectivity index (χ4v) is 2.98. The summed E-state index contributed by atoms with van der Waals surface area (Å²) >= 11 is 11.9. The van der Waals surface area contributed by atoms with E-state index in [1.54, 1.807) is 24.0 Å². The number of esters is 1. The summed E-state index contributed by atoms with van der Waals surface area (Å²) in [7, 11) is 0. The van der Waals surface area contributed by atoms with Crippen molar-refractivity contribution in [1.29, 1.82) is 5.41 Å². The summed E-state index contributed by atoms with van der Waals surface area (Å²) in [5.41, 5.74) is 6.81. The number of nitrogens with two attached hydrogens (primary N) is 1. The van der Waals surface area contributed by atoms with E-state index in [4.69, 9.17) is 39.1 Å². The van der Waals surface area contributed by atoms with Gasteiger partial charge in [0.05, 0.1) is 23.2 Å². The van der Waals surface area contributed by atoms with Crippen molar-refractivity contribution in [2.45, 2.75) is 13.3 Å². The molecule has 0 radical (unpaired) electrons. The molecule has 27 heavy (non-hydrogen) atoms. The molecule has 9 heteroatoms. The Morgan fingerprint density at radius 2 is 2.07 bits per heavy atom. The van der Waals surface area contributed by atoms with Gasteiger partial charge < -0.3 is 26.1 Å². The number of benzene rings is 1. The largest absolute Gasteiger partial charge is 0.461 e. The average Bonchev–Trinajstić information content (AvgIpc) is 2.65. The van der Waals surface area contributed by atoms with Crippen LogP contribution in [0.25, 0.3) is 0 Å². The van der Waals surface area contributed by atoms with Crippen molar-refractivity contribution < 1.29 is 14.3 Å². The lowest BCUT2D eigenvalue weighted by Crippen LogP contribution is -2.42. The molecule has 2 rings (SSSR count). The number of hydrogen-bond donors (Lipinski definition) is 3. The van der Waals surface area contributed by atoms with Crippen LogP contribution in [0.2, 0.25) is 10.0 Å². The van der Waals surface area contributed by atoms with Crippen molar-refractivity contribution in [2.24, 2.45) is 5.73 Å². The van der Waals surface area contributed by atoms with E-state index < -0.39 is 5.97 Å². The molecule has 7 nitrogen and oxygen atoms in total. The second-order valence-corrected chi connectivity index (χ2v) is 6.69. The quantitative estimate of drug-likeness (QED) is 0.490. The number of hydrogen-bond acceptors (Lipinski definition) is 6. The van der Waals surface area contributed by atoms with Gasteiger partial charge in [-0.05, 0) is 25.1 Å². The Kier molecular flexibility index (Phi) is 7.65. The third-order valence-corrected chi connectivity index (χ3v) is 4.77. The average molecular weight is 413 g/mol. The second-order valence-electron chi connectivity index (χ2n) is 5.87. The predicted molar refractivity (Wildman–Crippen MR) is 105 cm³/mol. The van der Waals surface area contributed by atoms with E-state index in [0.717, 1.165) is 0 Å². The topological polar surface area (TPSA) is 109 Å². The van der Waals surface area contributed by atoms with Crippen molar-refractivity contribution in [2.75, 3.05) is 32.8 Å². The molecule has 0 unspecified atom stereocenters. The van der Waals surface area contributed by atoms with Gasteiger partial charge in [-0.25, -0.2) is 4.79 Å². The smallest absolute Gasteiger partial charge is 0.354 e. The normalized spacial score (nSPS) is 16.1. The highest BCUT2D eigenvalue weighted by molar-refractivity contribution is 6.42. The zero-order chi connectivity index (χ0) is 20.0. The van der Waals surface area contributed by atoms with Crippen molar-refractivity contribution in [1.82, 2.24) is 10.2 Å². The van der Waals surface area contributed by atoms with Crippen LogP contribution in [0.5, 0.6) is 0 Å². The third kappa shape index (κ3) is 5.22. The molecular formula is C18H22Cl2N4O3. The molecule has 1 fully saturated rings. The Bertz CT molecular complexity index is 780. The van der Waals surface area contributed by atoms with Crippen LogP contribution in [-0.4, -0.2) is 55.3 Å². The third-order valence-electron chi connectivity index (χ3n) is 4.03. The summed E-state index contributed by atoms with van der Waals surface area (Å²) in [6, 6.07) is 4.67. The minimum Gasteiger partial charge on any atom is -0.461 e. The fraction of sp³-hybridized carbons (Fsp3) is 0.389. The molecule has 0 spiro atoms. The van der Waals surface area contributed by atoms with Gasteiger partial charge >= 0.3 is 5.97 Å². The Labute approximate surface area is 167 Å². The van der Waals surface area contributed by atoms with Gasteiger partial charge in [0.25, 0.3) is 5.91 Å². The second kappa shape index (κ2) is 9.73. The minimum atomic E-state index is -0.561. The number of amides is 1. The lowest BCUT2D eigenvalue weighted by atomic mass is 9.99. The molecule has 0 saturated carbocycles. The minimum absolute atomic E-state index is 0.115. The van der Waals surface area contributed by atoms with E-state index in [1.807, 2.05) is 0 Å². The molecule has 1 amide bonds. The summed E-state index contributed by atoms with van der Waals surface area (Å²) in [5, 5.41) is 11.8. The summed E-state index contributed by atoms with van der Waals surface area (Å²) < 4.78 is 5.08. The number of carbonyl (C=O) groups excluding carboxylic acids is 2. The van der Waals surface area contributed by atoms with Gasteiger partial charge in [-0.2, -0.15) is 0 Å². The van der Waals surface area contributed by atoms with Crippen LogP contribution >= 0.6 is 23.2 Å². The number of likely N-dealkylation sites (tertiary alicyclic amines) is 1. The van der Waals surface area contributed by atoms with Crippen molar-refractivity contribution >= 4 is 40.8 Å². The van der Waals surface area contributed by atoms with Crippen LogP contribution in [0.3, 0.4) is 0 Å². The van der Waals surface area contributed by atoms with E-state index in [1.165, 1.54) is 6.07 Å². The first-order valence-corrected chi connectivity index (χ1v) is 9.31. The van der Waals surface area contributed by atoms with Gasteiger partial charge in [-0.1, -0.05) is 23.2 Å². The van der Waals surface area contributed by atoms with Crippen LogP contribution in [-0.2, 0) is 9.53 Å². The highest BCUT2D eigenvalue weighted by atomic mass is 35.5. The molecule has 1 heterocycles. The molecule has 0 bridgehead atoms. The summed E-state index contributed by atoms with van der Waals surface area (Å²) in [6.45, 7) is 3.06. The lowest BCUT2D eigenvalue weighted by Gasteiger charge is -2.31. The molecule has 1 aliphatic rings. The number of rotatable bonds is 6. The molecule has 1 saturated heterocycles. The lowest BCUT2D eigenvalue weighted by molar-refractivity contribution is -0.139. The van der Waals surface area contributed by atoms with E-state index in [0.29, 0.717) is 52.9 Å². The Balaban J connectivity index is 2.31. The van der Waals surface area contributed by atoms with E-state index in [2.05, 4.69) is 5.32 Å². The number of nitrogens with one attached hydrogen (secondary N) is 2. The fourth-order valence-electron chi connectivity index (χ4n) is 2.68. The van der Waals surface area contributed by atoms with E-state index in [9.17, 15) is 9.59 Å². The van der Waals surface area contributed by atoms with Gasteiger partial charge in [0.15, 0.2) is 0 Å². The highest BCUT2D eigenvalue weighted by Gasteiger charge is 2.29. The summed E-state index contributed by atoms with van der Waals surface area (Å²) in [6.07, 6.45) is 0.329. The first kappa shape index (κ1) is 21.2. The zero-order valence-corrected chi connectivity index (χ0v) is 16.5. The molecule has 146 valence electrons. The van der Waals surface area contributed by atoms with Crippen LogP contribution in [0.4, 0.5) is 0 Å². The maximum Gasteiger partial charge on any atom is 0.354 e. The van der Waals surface area contributed by atoms with Gasteiger partial charge in [0.1, 0.15) is 5.70 Å². The number of piperidine rings is 1. The maximum absolute atomic E-state index is 12.8. The number of halogens is 2. The Morgan fingerprint density at radius 1 is 1.33 bits per heavy atom. The van der Waals surface area contributed by atoms with E-state index >= 15 is 0 Å². The monoisotopic (exact) mass is 412 g/mol. The van der Waals surface area contributed by atoms with E-state index in [-0.39, 0.29) is 24.8 Å².